The van der Waals surface area contributed by atoms with Crippen LogP contribution in [0.1, 0.15) is 63.3 Å². The van der Waals surface area contributed by atoms with Crippen LogP contribution in [-0.2, 0) is 38.0 Å². The first kappa shape index (κ1) is 32.9. The lowest BCUT2D eigenvalue weighted by Crippen LogP contribution is -2.54. The molecule has 1 N–H and O–H groups in total. The second kappa shape index (κ2) is 14.0. The molecular weight excluding hydrogens is 546 g/mol. The number of sulfonamides is 1. The maximum absolute atomic E-state index is 14.2. The van der Waals surface area contributed by atoms with Crippen molar-refractivity contribution in [2.24, 2.45) is 0 Å². The number of hydrogen-bond acceptors (Lipinski definition) is 4. The highest BCUT2D eigenvalue weighted by atomic mass is 32.2. The number of aryl methyl sites for hydroxylation is 1. The third kappa shape index (κ3) is 9.18. The molecule has 0 aliphatic heterocycles. The van der Waals surface area contributed by atoms with Gasteiger partial charge in [-0.05, 0) is 54.5 Å². The Labute approximate surface area is 252 Å². The van der Waals surface area contributed by atoms with Crippen LogP contribution < -0.4 is 9.62 Å². The molecule has 0 saturated carbocycles. The van der Waals surface area contributed by atoms with Gasteiger partial charge >= 0.3 is 0 Å². The van der Waals surface area contributed by atoms with E-state index >= 15 is 0 Å². The number of benzene rings is 3. The highest BCUT2D eigenvalue weighted by Gasteiger charge is 2.33. The van der Waals surface area contributed by atoms with Gasteiger partial charge in [-0.3, -0.25) is 13.9 Å². The fourth-order valence-corrected chi connectivity index (χ4v) is 5.48. The van der Waals surface area contributed by atoms with Gasteiger partial charge in [-0.2, -0.15) is 0 Å². The lowest BCUT2D eigenvalue weighted by Gasteiger charge is -2.34. The number of hydrogen-bond donors (Lipinski definition) is 1. The van der Waals surface area contributed by atoms with Crippen molar-refractivity contribution in [3.8, 4) is 0 Å². The first-order chi connectivity index (χ1) is 19.7. The fraction of sp³-hybridized carbons (Fsp3) is 0.412. The zero-order valence-electron chi connectivity index (χ0n) is 25.9. The molecule has 0 bridgehead atoms. The largest absolute Gasteiger partial charge is 0.352 e. The van der Waals surface area contributed by atoms with Gasteiger partial charge in [0.15, 0.2) is 0 Å². The van der Waals surface area contributed by atoms with Crippen LogP contribution >= 0.6 is 0 Å². The summed E-state index contributed by atoms with van der Waals surface area (Å²) in [6, 6.07) is 23.7. The Bertz CT molecular complexity index is 1430. The van der Waals surface area contributed by atoms with Gasteiger partial charge in [0.2, 0.25) is 21.8 Å². The van der Waals surface area contributed by atoms with E-state index in [0.717, 1.165) is 39.2 Å². The molecular formula is C34H45N3O4S. The molecule has 0 aliphatic rings. The number of rotatable bonds is 12. The van der Waals surface area contributed by atoms with Crippen molar-refractivity contribution in [3.05, 3.63) is 101 Å². The van der Waals surface area contributed by atoms with E-state index in [1.165, 1.54) is 4.90 Å². The monoisotopic (exact) mass is 591 g/mol. The van der Waals surface area contributed by atoms with Gasteiger partial charge < -0.3 is 10.2 Å². The molecule has 0 spiro atoms. The van der Waals surface area contributed by atoms with Gasteiger partial charge in [0.25, 0.3) is 0 Å². The summed E-state index contributed by atoms with van der Waals surface area (Å²) in [6.07, 6.45) is 2.13. The van der Waals surface area contributed by atoms with Gasteiger partial charge in [0.1, 0.15) is 12.6 Å². The van der Waals surface area contributed by atoms with Crippen LogP contribution in [-0.4, -0.2) is 50.0 Å². The average Bonchev–Trinajstić information content (AvgIpc) is 2.94. The SMILES string of the molecule is CC[C@H](C)NC(=O)[C@H](Cc1ccccc1)N(Cc1ccc(C)cc1)C(=O)CN(c1ccc(C(C)(C)C)cc1)S(C)(=O)=O. The summed E-state index contributed by atoms with van der Waals surface area (Å²) in [5.41, 5.74) is 4.18. The Morgan fingerprint density at radius 2 is 1.48 bits per heavy atom. The van der Waals surface area contributed by atoms with E-state index in [-0.39, 0.29) is 23.9 Å². The summed E-state index contributed by atoms with van der Waals surface area (Å²) in [5.74, 6) is -0.727. The smallest absolute Gasteiger partial charge is 0.244 e. The van der Waals surface area contributed by atoms with Gasteiger partial charge in [-0.15, -0.1) is 0 Å². The highest BCUT2D eigenvalue weighted by molar-refractivity contribution is 7.92. The minimum absolute atomic E-state index is 0.0825. The maximum atomic E-state index is 14.2. The normalized spacial score (nSPS) is 13.2. The number of nitrogens with one attached hydrogen (secondary N) is 1. The Hall–Kier alpha value is -3.65. The molecule has 3 aromatic carbocycles. The van der Waals surface area contributed by atoms with Crippen molar-refractivity contribution in [2.45, 2.75) is 78.4 Å². The van der Waals surface area contributed by atoms with Crippen molar-refractivity contribution >= 4 is 27.5 Å². The molecule has 2 amide bonds. The molecule has 3 aromatic rings. The van der Waals surface area contributed by atoms with Crippen molar-refractivity contribution in [3.63, 3.8) is 0 Å². The molecule has 42 heavy (non-hydrogen) atoms. The van der Waals surface area contributed by atoms with Gasteiger partial charge in [-0.25, -0.2) is 8.42 Å². The predicted molar refractivity (Wildman–Crippen MR) is 171 cm³/mol. The van der Waals surface area contributed by atoms with Gasteiger partial charge in [0, 0.05) is 19.0 Å². The lowest BCUT2D eigenvalue weighted by molar-refractivity contribution is -0.140. The van der Waals surface area contributed by atoms with Crippen LogP contribution in [0.5, 0.6) is 0 Å². The van der Waals surface area contributed by atoms with E-state index in [9.17, 15) is 18.0 Å². The number of amides is 2. The molecule has 226 valence electrons. The van der Waals surface area contributed by atoms with Gasteiger partial charge in [-0.1, -0.05) is 100.0 Å². The molecule has 0 aliphatic carbocycles. The third-order valence-corrected chi connectivity index (χ3v) is 8.59. The minimum Gasteiger partial charge on any atom is -0.352 e. The topological polar surface area (TPSA) is 86.8 Å². The van der Waals surface area contributed by atoms with E-state index < -0.39 is 28.5 Å². The van der Waals surface area contributed by atoms with Crippen molar-refractivity contribution in [2.75, 3.05) is 17.1 Å². The molecule has 3 rings (SSSR count). The molecule has 0 unspecified atom stereocenters. The van der Waals surface area contributed by atoms with E-state index in [2.05, 4.69) is 26.1 Å². The number of carbonyl (C=O) groups excluding carboxylic acids is 2. The summed E-state index contributed by atoms with van der Waals surface area (Å²) in [5, 5.41) is 3.05. The third-order valence-electron chi connectivity index (χ3n) is 7.45. The zero-order chi connectivity index (χ0) is 31.1. The van der Waals surface area contributed by atoms with Crippen LogP contribution in [0.2, 0.25) is 0 Å². The summed E-state index contributed by atoms with van der Waals surface area (Å²) in [6.45, 7) is 11.9. The average molecular weight is 592 g/mol. The quantitative estimate of drug-likeness (QED) is 0.297. The predicted octanol–water partition coefficient (Wildman–Crippen LogP) is 5.61. The molecule has 2 atom stereocenters. The molecule has 0 saturated heterocycles. The molecule has 0 radical (unpaired) electrons. The lowest BCUT2D eigenvalue weighted by atomic mass is 9.87. The van der Waals surface area contributed by atoms with Crippen molar-refractivity contribution in [1.82, 2.24) is 10.2 Å². The first-order valence-electron chi connectivity index (χ1n) is 14.5. The Morgan fingerprint density at radius 3 is 2.00 bits per heavy atom. The van der Waals surface area contributed by atoms with E-state index in [4.69, 9.17) is 0 Å². The molecule has 7 nitrogen and oxygen atoms in total. The molecule has 0 heterocycles. The van der Waals surface area contributed by atoms with Crippen molar-refractivity contribution in [1.29, 1.82) is 0 Å². The summed E-state index contributed by atoms with van der Waals surface area (Å²) in [7, 11) is -3.82. The minimum atomic E-state index is -3.82. The number of nitrogens with zero attached hydrogens (tertiary/aromatic N) is 2. The summed E-state index contributed by atoms with van der Waals surface area (Å²) < 4.78 is 27.2. The van der Waals surface area contributed by atoms with Crippen LogP contribution in [0, 0.1) is 6.92 Å². The molecule has 0 aromatic heterocycles. The number of anilines is 1. The Balaban J connectivity index is 2.05. The maximum Gasteiger partial charge on any atom is 0.244 e. The first-order valence-corrected chi connectivity index (χ1v) is 16.3. The zero-order valence-corrected chi connectivity index (χ0v) is 26.7. The van der Waals surface area contributed by atoms with Crippen LogP contribution in [0.25, 0.3) is 0 Å². The van der Waals surface area contributed by atoms with Crippen LogP contribution in [0.3, 0.4) is 0 Å². The highest BCUT2D eigenvalue weighted by Crippen LogP contribution is 2.26. The van der Waals surface area contributed by atoms with Crippen LogP contribution in [0.15, 0.2) is 78.9 Å². The number of carbonyl (C=O) groups is 2. The molecule has 8 heteroatoms. The second-order valence-corrected chi connectivity index (χ2v) is 14.0. The fourth-order valence-electron chi connectivity index (χ4n) is 4.63. The van der Waals surface area contributed by atoms with E-state index in [1.807, 2.05) is 87.5 Å². The van der Waals surface area contributed by atoms with E-state index in [1.54, 1.807) is 12.1 Å². The van der Waals surface area contributed by atoms with Gasteiger partial charge in [0.05, 0.1) is 11.9 Å². The Morgan fingerprint density at radius 1 is 0.881 bits per heavy atom. The van der Waals surface area contributed by atoms with E-state index in [0.29, 0.717) is 12.1 Å². The standard InChI is InChI=1S/C34H45N3O4S/c1-8-26(3)35-33(39)31(22-27-12-10-9-11-13-27)36(23-28-16-14-25(2)15-17-28)32(38)24-37(42(7,40)41)30-20-18-29(19-21-30)34(4,5)6/h9-21,26,31H,8,22-24H2,1-7H3,(H,35,39)/t26-,31-/m0/s1. The summed E-state index contributed by atoms with van der Waals surface area (Å²) >= 11 is 0. The Kier molecular flexibility index (Phi) is 11.0. The van der Waals surface area contributed by atoms with Crippen molar-refractivity contribution < 1.29 is 18.0 Å². The summed E-state index contributed by atoms with van der Waals surface area (Å²) in [4.78, 5) is 29.5. The second-order valence-electron chi connectivity index (χ2n) is 12.1. The molecule has 0 fully saturated rings. The van der Waals surface area contributed by atoms with Crippen LogP contribution in [0.4, 0.5) is 5.69 Å².